The first-order valence-corrected chi connectivity index (χ1v) is 9.01. The van der Waals surface area contributed by atoms with Gasteiger partial charge in [-0.15, -0.1) is 0 Å². The summed E-state index contributed by atoms with van der Waals surface area (Å²) in [6.45, 7) is 2.39. The van der Waals surface area contributed by atoms with Crippen LogP contribution < -0.4 is 16.6 Å². The Bertz CT molecular complexity index is 863. The van der Waals surface area contributed by atoms with Crippen molar-refractivity contribution in [1.82, 2.24) is 14.0 Å². The van der Waals surface area contributed by atoms with Gasteiger partial charge in [-0.05, 0) is 31.0 Å². The van der Waals surface area contributed by atoms with E-state index in [4.69, 9.17) is 0 Å². The Balaban J connectivity index is 1.87. The van der Waals surface area contributed by atoms with Crippen LogP contribution in [0.3, 0.4) is 0 Å². The smallest absolute Gasteiger partial charge is 0.332 e. The molecule has 0 aliphatic heterocycles. The Morgan fingerprint density at radius 3 is 2.56 bits per heavy atom. The third kappa shape index (κ3) is 5.77. The Hall–Kier alpha value is -2.45. The zero-order chi connectivity index (χ0) is 19.8. The molecule has 0 saturated carbocycles. The van der Waals surface area contributed by atoms with Gasteiger partial charge >= 0.3 is 5.69 Å². The Morgan fingerprint density at radius 2 is 1.85 bits per heavy atom. The van der Waals surface area contributed by atoms with Gasteiger partial charge in [-0.3, -0.25) is 18.8 Å². The summed E-state index contributed by atoms with van der Waals surface area (Å²) < 4.78 is 16.1. The van der Waals surface area contributed by atoms with E-state index in [1.807, 2.05) is 6.07 Å². The van der Waals surface area contributed by atoms with Crippen molar-refractivity contribution in [2.45, 2.75) is 12.8 Å². The first-order chi connectivity index (χ1) is 12.9. The normalized spacial score (nSPS) is 11.1. The molecule has 0 bridgehead atoms. The highest BCUT2D eigenvalue weighted by molar-refractivity contribution is 5.33. The summed E-state index contributed by atoms with van der Waals surface area (Å²) in [5.41, 5.74) is -0.0606. The number of benzene rings is 1. The van der Waals surface area contributed by atoms with Gasteiger partial charge in [0.1, 0.15) is 11.6 Å². The van der Waals surface area contributed by atoms with Gasteiger partial charge in [-0.1, -0.05) is 18.2 Å². The maximum Gasteiger partial charge on any atom is 0.332 e. The van der Waals surface area contributed by atoms with Crippen LogP contribution in [0, 0.1) is 5.82 Å². The lowest BCUT2D eigenvalue weighted by Crippen LogP contribution is -2.38. The van der Waals surface area contributed by atoms with E-state index in [2.05, 4.69) is 10.2 Å². The Kier molecular flexibility index (Phi) is 7.75. The molecule has 148 valence electrons. The highest BCUT2D eigenvalue weighted by Gasteiger charge is 2.08. The maximum absolute atomic E-state index is 13.7. The summed E-state index contributed by atoms with van der Waals surface area (Å²) in [5.74, 6) is 0.262. The van der Waals surface area contributed by atoms with Crippen LogP contribution in [-0.4, -0.2) is 51.9 Å². The molecule has 0 spiro atoms. The molecule has 0 aliphatic rings. The predicted octanol–water partition coefficient (Wildman–Crippen LogP) is 0.562. The molecule has 2 aromatic rings. The number of hydrogen-bond donors (Lipinski definition) is 2. The second-order valence-corrected chi connectivity index (χ2v) is 6.46. The molecular weight excluding hydrogens is 351 g/mol. The molecule has 1 aromatic carbocycles. The van der Waals surface area contributed by atoms with Gasteiger partial charge in [0, 0.05) is 39.8 Å². The molecule has 27 heavy (non-hydrogen) atoms. The number of anilines is 1. The number of rotatable bonds is 10. The van der Waals surface area contributed by atoms with Crippen molar-refractivity contribution >= 4 is 5.82 Å². The van der Waals surface area contributed by atoms with E-state index >= 15 is 0 Å². The van der Waals surface area contributed by atoms with Gasteiger partial charge in [-0.25, -0.2) is 9.18 Å². The summed E-state index contributed by atoms with van der Waals surface area (Å²) in [5, 5.41) is 12.3. The molecule has 2 rings (SSSR count). The van der Waals surface area contributed by atoms with Crippen LogP contribution >= 0.6 is 0 Å². The second kappa shape index (κ2) is 10.0. The van der Waals surface area contributed by atoms with E-state index < -0.39 is 0 Å². The lowest BCUT2D eigenvalue weighted by atomic mass is 10.1. The van der Waals surface area contributed by atoms with Crippen LogP contribution in [0.1, 0.15) is 12.0 Å². The molecule has 1 heterocycles. The van der Waals surface area contributed by atoms with Crippen molar-refractivity contribution in [1.29, 1.82) is 0 Å². The summed E-state index contributed by atoms with van der Waals surface area (Å²) in [4.78, 5) is 25.7. The van der Waals surface area contributed by atoms with E-state index in [1.54, 1.807) is 19.2 Å². The Labute approximate surface area is 157 Å². The van der Waals surface area contributed by atoms with Crippen molar-refractivity contribution in [3.8, 4) is 0 Å². The van der Waals surface area contributed by atoms with Gasteiger partial charge < -0.3 is 10.4 Å². The summed E-state index contributed by atoms with van der Waals surface area (Å²) in [6, 6.07) is 8.12. The zero-order valence-corrected chi connectivity index (χ0v) is 15.8. The third-order valence-corrected chi connectivity index (χ3v) is 4.55. The van der Waals surface area contributed by atoms with E-state index in [9.17, 15) is 19.1 Å². The number of aliphatic hydroxyl groups is 1. The molecule has 0 unspecified atom stereocenters. The molecule has 0 amide bonds. The van der Waals surface area contributed by atoms with Gasteiger partial charge in [0.2, 0.25) is 0 Å². The van der Waals surface area contributed by atoms with Crippen LogP contribution in [0.4, 0.5) is 10.2 Å². The Morgan fingerprint density at radius 1 is 1.11 bits per heavy atom. The molecule has 1 aromatic heterocycles. The number of hydrogen-bond acceptors (Lipinski definition) is 5. The summed E-state index contributed by atoms with van der Waals surface area (Å²) >= 11 is 0. The largest absolute Gasteiger partial charge is 0.395 e. The van der Waals surface area contributed by atoms with Crippen LogP contribution in [0.15, 0.2) is 39.9 Å². The standard InChI is InChI=1S/C19H27FN4O3/c1-22-17(14-18(26)23(2)19(22)27)21-9-11-24(12-13-25)10-5-7-15-6-3-4-8-16(15)20/h3-4,6,8,14,21,25H,5,7,9-13H2,1-2H3. The summed E-state index contributed by atoms with van der Waals surface area (Å²) in [6.07, 6.45) is 1.40. The van der Waals surface area contributed by atoms with E-state index in [1.165, 1.54) is 23.7 Å². The van der Waals surface area contributed by atoms with Gasteiger partial charge in [0.05, 0.1) is 6.61 Å². The molecule has 0 fully saturated rings. The summed E-state index contributed by atoms with van der Waals surface area (Å²) in [7, 11) is 3.04. The average molecular weight is 378 g/mol. The van der Waals surface area contributed by atoms with Crippen LogP contribution in [0.5, 0.6) is 0 Å². The van der Waals surface area contributed by atoms with E-state index in [0.29, 0.717) is 44.0 Å². The highest BCUT2D eigenvalue weighted by atomic mass is 19.1. The van der Waals surface area contributed by atoms with Crippen molar-refractivity contribution in [3.05, 3.63) is 62.6 Å². The van der Waals surface area contributed by atoms with Crippen molar-refractivity contribution in [3.63, 3.8) is 0 Å². The van der Waals surface area contributed by atoms with Crippen molar-refractivity contribution in [2.75, 3.05) is 38.1 Å². The van der Waals surface area contributed by atoms with Crippen LogP contribution in [-0.2, 0) is 20.5 Å². The third-order valence-electron chi connectivity index (χ3n) is 4.55. The minimum absolute atomic E-state index is 0.0318. The molecule has 8 heteroatoms. The number of aliphatic hydroxyl groups excluding tert-OH is 1. The molecule has 2 N–H and O–H groups in total. The molecular formula is C19H27FN4O3. The number of halogens is 1. The molecule has 0 aliphatic carbocycles. The fraction of sp³-hybridized carbons (Fsp3) is 0.474. The second-order valence-electron chi connectivity index (χ2n) is 6.46. The number of aryl methyl sites for hydroxylation is 1. The van der Waals surface area contributed by atoms with Gasteiger partial charge in [-0.2, -0.15) is 0 Å². The fourth-order valence-corrected chi connectivity index (χ4v) is 2.92. The highest BCUT2D eigenvalue weighted by Crippen LogP contribution is 2.09. The lowest BCUT2D eigenvalue weighted by Gasteiger charge is -2.22. The quantitative estimate of drug-likeness (QED) is 0.632. The number of aromatic nitrogens is 2. The first-order valence-electron chi connectivity index (χ1n) is 9.01. The van der Waals surface area contributed by atoms with Crippen molar-refractivity contribution in [2.24, 2.45) is 14.1 Å². The van der Waals surface area contributed by atoms with Crippen LogP contribution in [0.25, 0.3) is 0 Å². The SMILES string of the molecule is Cn1c(NCCN(CCO)CCCc2ccccc2F)cc(=O)n(C)c1=O. The topological polar surface area (TPSA) is 79.5 Å². The molecule has 0 saturated heterocycles. The molecule has 0 radical (unpaired) electrons. The lowest BCUT2D eigenvalue weighted by molar-refractivity contribution is 0.199. The molecule has 7 nitrogen and oxygen atoms in total. The van der Waals surface area contributed by atoms with Crippen LogP contribution in [0.2, 0.25) is 0 Å². The number of nitrogens with zero attached hydrogens (tertiary/aromatic N) is 3. The average Bonchev–Trinajstić information content (AvgIpc) is 2.65. The predicted molar refractivity (Wildman–Crippen MR) is 104 cm³/mol. The monoisotopic (exact) mass is 378 g/mol. The van der Waals surface area contributed by atoms with E-state index in [-0.39, 0.29) is 23.7 Å². The molecule has 0 atom stereocenters. The maximum atomic E-state index is 13.7. The van der Waals surface area contributed by atoms with Gasteiger partial charge in [0.25, 0.3) is 5.56 Å². The van der Waals surface area contributed by atoms with Crippen molar-refractivity contribution < 1.29 is 9.50 Å². The van der Waals surface area contributed by atoms with Gasteiger partial charge in [0.15, 0.2) is 0 Å². The fourth-order valence-electron chi connectivity index (χ4n) is 2.92. The zero-order valence-electron chi connectivity index (χ0n) is 15.8. The first kappa shape index (κ1) is 20.9. The minimum Gasteiger partial charge on any atom is -0.395 e. The number of nitrogens with one attached hydrogen (secondary N) is 1. The minimum atomic E-state index is -0.387. The van der Waals surface area contributed by atoms with E-state index in [0.717, 1.165) is 11.0 Å².